The van der Waals surface area contributed by atoms with Gasteiger partial charge < -0.3 is 14.9 Å². The zero-order valence-corrected chi connectivity index (χ0v) is 19.3. The van der Waals surface area contributed by atoms with Crippen molar-refractivity contribution in [2.75, 3.05) is 13.2 Å². The molecule has 0 aliphatic carbocycles. The maximum absolute atomic E-state index is 11.3. The van der Waals surface area contributed by atoms with Gasteiger partial charge in [0.2, 0.25) is 0 Å². The van der Waals surface area contributed by atoms with Crippen molar-refractivity contribution < 1.29 is 24.5 Å². The second-order valence-corrected chi connectivity index (χ2v) is 10.6. The number of ether oxygens (including phenoxy) is 1. The SMILES string of the molecule is CC(CCCC(C)(C)C(=O)O)CCOCCCCC(C)(C)CC(C)(C)C(=O)O. The highest BCUT2D eigenvalue weighted by Crippen LogP contribution is 2.37. The topological polar surface area (TPSA) is 83.8 Å². The highest BCUT2D eigenvalue weighted by molar-refractivity contribution is 5.73. The van der Waals surface area contributed by atoms with E-state index in [1.165, 1.54) is 0 Å². The summed E-state index contributed by atoms with van der Waals surface area (Å²) in [5.41, 5.74) is -1.31. The largest absolute Gasteiger partial charge is 0.481 e. The van der Waals surface area contributed by atoms with E-state index in [2.05, 4.69) is 20.8 Å². The third-order valence-electron chi connectivity index (χ3n) is 5.72. The molecule has 5 nitrogen and oxygen atoms in total. The van der Waals surface area contributed by atoms with Gasteiger partial charge in [0.1, 0.15) is 0 Å². The molecule has 0 spiro atoms. The molecule has 1 unspecified atom stereocenters. The quantitative estimate of drug-likeness (QED) is 0.310. The van der Waals surface area contributed by atoms with Crippen LogP contribution in [-0.2, 0) is 14.3 Å². The summed E-state index contributed by atoms with van der Waals surface area (Å²) in [6.07, 6.45) is 7.40. The van der Waals surface area contributed by atoms with Gasteiger partial charge in [0, 0.05) is 13.2 Å². The Morgan fingerprint density at radius 1 is 0.786 bits per heavy atom. The van der Waals surface area contributed by atoms with E-state index in [4.69, 9.17) is 9.84 Å². The van der Waals surface area contributed by atoms with Crippen molar-refractivity contribution in [3.05, 3.63) is 0 Å². The fourth-order valence-electron chi connectivity index (χ4n) is 3.70. The van der Waals surface area contributed by atoms with E-state index in [-0.39, 0.29) is 5.41 Å². The number of unbranched alkanes of at least 4 members (excludes halogenated alkanes) is 1. The molecule has 0 radical (unpaired) electrons. The first-order chi connectivity index (χ1) is 12.7. The van der Waals surface area contributed by atoms with Crippen molar-refractivity contribution in [3.8, 4) is 0 Å². The molecule has 0 aromatic heterocycles. The second-order valence-electron chi connectivity index (χ2n) is 10.6. The van der Waals surface area contributed by atoms with Crippen molar-refractivity contribution in [3.63, 3.8) is 0 Å². The molecule has 166 valence electrons. The van der Waals surface area contributed by atoms with Crippen molar-refractivity contribution in [2.24, 2.45) is 22.2 Å². The minimum atomic E-state index is -0.732. The minimum Gasteiger partial charge on any atom is -0.481 e. The summed E-state index contributed by atoms with van der Waals surface area (Å²) < 4.78 is 5.76. The third-order valence-corrected chi connectivity index (χ3v) is 5.72. The Morgan fingerprint density at radius 2 is 1.36 bits per heavy atom. The molecule has 0 aromatic rings. The summed E-state index contributed by atoms with van der Waals surface area (Å²) in [6.45, 7) is 15.1. The summed E-state index contributed by atoms with van der Waals surface area (Å²) >= 11 is 0. The molecule has 28 heavy (non-hydrogen) atoms. The molecule has 0 bridgehead atoms. The molecule has 0 saturated heterocycles. The maximum Gasteiger partial charge on any atom is 0.309 e. The zero-order valence-electron chi connectivity index (χ0n) is 19.3. The monoisotopic (exact) mass is 400 g/mol. The molecule has 0 amide bonds. The number of rotatable bonds is 16. The Morgan fingerprint density at radius 3 is 1.89 bits per heavy atom. The Kier molecular flexibility index (Phi) is 11.3. The van der Waals surface area contributed by atoms with E-state index >= 15 is 0 Å². The van der Waals surface area contributed by atoms with Crippen LogP contribution in [0.25, 0.3) is 0 Å². The maximum atomic E-state index is 11.3. The van der Waals surface area contributed by atoms with Crippen LogP contribution in [0.4, 0.5) is 0 Å². The number of carbonyl (C=O) groups is 2. The summed E-state index contributed by atoms with van der Waals surface area (Å²) in [6, 6.07) is 0. The summed E-state index contributed by atoms with van der Waals surface area (Å²) in [5.74, 6) is -0.912. The first kappa shape index (κ1) is 26.9. The van der Waals surface area contributed by atoms with Gasteiger partial charge in [-0.2, -0.15) is 0 Å². The Hall–Kier alpha value is -1.10. The lowest BCUT2D eigenvalue weighted by atomic mass is 9.73. The van der Waals surface area contributed by atoms with Crippen molar-refractivity contribution in [2.45, 2.75) is 99.8 Å². The number of carboxylic acids is 2. The van der Waals surface area contributed by atoms with Gasteiger partial charge in [-0.25, -0.2) is 0 Å². The Bertz CT molecular complexity index is 479. The highest BCUT2D eigenvalue weighted by atomic mass is 16.5. The first-order valence-electron chi connectivity index (χ1n) is 10.7. The Labute approximate surface area is 172 Å². The lowest BCUT2D eigenvalue weighted by Crippen LogP contribution is -2.30. The minimum absolute atomic E-state index is 0.0140. The first-order valence-corrected chi connectivity index (χ1v) is 10.7. The predicted octanol–water partition coefficient (Wildman–Crippen LogP) is 6.01. The molecule has 0 rings (SSSR count). The van der Waals surface area contributed by atoms with Crippen LogP contribution in [0.1, 0.15) is 99.8 Å². The van der Waals surface area contributed by atoms with Crippen molar-refractivity contribution in [1.82, 2.24) is 0 Å². The van der Waals surface area contributed by atoms with E-state index in [1.54, 1.807) is 27.7 Å². The molecule has 0 heterocycles. The summed E-state index contributed by atoms with van der Waals surface area (Å²) in [5, 5.41) is 18.4. The van der Waals surface area contributed by atoms with Crippen LogP contribution < -0.4 is 0 Å². The van der Waals surface area contributed by atoms with Crippen LogP contribution in [-0.4, -0.2) is 35.4 Å². The van der Waals surface area contributed by atoms with Gasteiger partial charge in [0.15, 0.2) is 0 Å². The molecule has 0 aromatic carbocycles. The van der Waals surface area contributed by atoms with Gasteiger partial charge >= 0.3 is 11.9 Å². The molecule has 5 heteroatoms. The zero-order chi connectivity index (χ0) is 22.0. The van der Waals surface area contributed by atoms with E-state index in [1.807, 2.05) is 0 Å². The molecule has 2 N–H and O–H groups in total. The number of hydrogen-bond acceptors (Lipinski definition) is 3. The fraction of sp³-hybridized carbons (Fsp3) is 0.913. The number of hydrogen-bond donors (Lipinski definition) is 2. The number of aliphatic carboxylic acids is 2. The second kappa shape index (κ2) is 11.8. The van der Waals surface area contributed by atoms with Crippen LogP contribution in [0, 0.1) is 22.2 Å². The van der Waals surface area contributed by atoms with Crippen molar-refractivity contribution >= 4 is 11.9 Å². The molecule has 0 fully saturated rings. The van der Waals surface area contributed by atoms with Crippen LogP contribution in [0.5, 0.6) is 0 Å². The van der Waals surface area contributed by atoms with E-state index in [0.717, 1.165) is 51.7 Å². The molecule has 0 aliphatic heterocycles. The highest BCUT2D eigenvalue weighted by Gasteiger charge is 2.34. The molecule has 1 atom stereocenters. The van der Waals surface area contributed by atoms with Gasteiger partial charge in [-0.05, 0) is 71.1 Å². The molecule has 0 aliphatic rings. The van der Waals surface area contributed by atoms with Gasteiger partial charge in [-0.1, -0.05) is 40.0 Å². The van der Waals surface area contributed by atoms with Crippen LogP contribution in [0.2, 0.25) is 0 Å². The standard InChI is InChI=1S/C23H44O5/c1-18(11-10-14-22(4,5)19(24)25)12-16-28-15-9-8-13-21(2,3)17-23(6,7)20(26)27/h18H,8-17H2,1-7H3,(H,24,25)(H,26,27). The third kappa shape index (κ3) is 11.7. The van der Waals surface area contributed by atoms with Gasteiger partial charge in [-0.3, -0.25) is 9.59 Å². The molecule has 0 saturated carbocycles. The fourth-order valence-corrected chi connectivity index (χ4v) is 3.70. The van der Waals surface area contributed by atoms with Gasteiger partial charge in [-0.15, -0.1) is 0 Å². The van der Waals surface area contributed by atoms with Gasteiger partial charge in [0.05, 0.1) is 10.8 Å². The van der Waals surface area contributed by atoms with E-state index in [0.29, 0.717) is 18.8 Å². The Balaban J connectivity index is 3.81. The predicted molar refractivity (Wildman–Crippen MR) is 114 cm³/mol. The summed E-state index contributed by atoms with van der Waals surface area (Å²) in [7, 11) is 0. The lowest BCUT2D eigenvalue weighted by Gasteiger charge is -2.32. The van der Waals surface area contributed by atoms with Crippen LogP contribution in [0.15, 0.2) is 0 Å². The smallest absolute Gasteiger partial charge is 0.309 e. The number of carboxylic acid groups (broad SMARTS) is 2. The van der Waals surface area contributed by atoms with Crippen LogP contribution in [0.3, 0.4) is 0 Å². The molecular weight excluding hydrogens is 356 g/mol. The lowest BCUT2D eigenvalue weighted by molar-refractivity contribution is -0.149. The van der Waals surface area contributed by atoms with E-state index < -0.39 is 22.8 Å². The summed E-state index contributed by atoms with van der Waals surface area (Å²) in [4.78, 5) is 22.4. The average Bonchev–Trinajstić information content (AvgIpc) is 2.52. The van der Waals surface area contributed by atoms with Crippen molar-refractivity contribution in [1.29, 1.82) is 0 Å². The van der Waals surface area contributed by atoms with Crippen LogP contribution >= 0.6 is 0 Å². The normalized spacial score (nSPS) is 14.1. The molecular formula is C23H44O5. The van der Waals surface area contributed by atoms with Gasteiger partial charge in [0.25, 0.3) is 0 Å². The van der Waals surface area contributed by atoms with E-state index in [9.17, 15) is 14.7 Å². The average molecular weight is 401 g/mol.